The van der Waals surface area contributed by atoms with Crippen LogP contribution in [0.3, 0.4) is 0 Å². The molecular weight excluding hydrogens is 254 g/mol. The van der Waals surface area contributed by atoms with Crippen LogP contribution in [0.25, 0.3) is 0 Å². The Morgan fingerprint density at radius 2 is 2.22 bits per heavy atom. The molecule has 0 heterocycles. The lowest BCUT2D eigenvalue weighted by molar-refractivity contribution is 0.0950. The van der Waals surface area contributed by atoms with E-state index in [9.17, 15) is 14.1 Å². The summed E-state index contributed by atoms with van der Waals surface area (Å²) in [7, 11) is 0.636. The molecule has 1 atom stereocenters. The first-order chi connectivity index (χ1) is 8.54. The highest BCUT2D eigenvalue weighted by Crippen LogP contribution is 2.22. The minimum absolute atomic E-state index is 0.0904. The van der Waals surface area contributed by atoms with E-state index in [1.54, 1.807) is 12.3 Å². The Balaban J connectivity index is 2.58. The third-order valence-corrected chi connectivity index (χ3v) is 3.21. The molecular formula is C12H17NO4S. The number of phenolic OH excluding ortho intramolecular Hbond substituents is 1. The fourth-order valence-electron chi connectivity index (χ4n) is 1.40. The fourth-order valence-corrected chi connectivity index (χ4v) is 1.95. The van der Waals surface area contributed by atoms with Gasteiger partial charge in [0.15, 0.2) is 0 Å². The summed E-state index contributed by atoms with van der Waals surface area (Å²) in [6.45, 7) is 0.426. The van der Waals surface area contributed by atoms with Crippen LogP contribution < -0.4 is 10.1 Å². The van der Waals surface area contributed by atoms with E-state index in [1.165, 1.54) is 19.2 Å². The van der Waals surface area contributed by atoms with E-state index in [4.69, 9.17) is 4.74 Å². The summed E-state index contributed by atoms with van der Waals surface area (Å²) >= 11 is 0. The quantitative estimate of drug-likeness (QED) is 0.754. The number of hydrogen-bond acceptors (Lipinski definition) is 4. The van der Waals surface area contributed by atoms with E-state index >= 15 is 0 Å². The topological polar surface area (TPSA) is 75.6 Å². The second-order valence-corrected chi connectivity index (χ2v) is 5.32. The summed E-state index contributed by atoms with van der Waals surface area (Å²) in [4.78, 5) is 11.8. The molecule has 0 saturated heterocycles. The number of benzene rings is 1. The van der Waals surface area contributed by atoms with Gasteiger partial charge in [0.25, 0.3) is 5.91 Å². The molecule has 1 aromatic carbocycles. The lowest BCUT2D eigenvalue weighted by Gasteiger charge is -2.08. The van der Waals surface area contributed by atoms with Gasteiger partial charge >= 0.3 is 0 Å². The van der Waals surface area contributed by atoms with Crippen LogP contribution in [0.15, 0.2) is 18.2 Å². The van der Waals surface area contributed by atoms with Crippen molar-refractivity contribution in [2.45, 2.75) is 6.42 Å². The van der Waals surface area contributed by atoms with Gasteiger partial charge in [-0.25, -0.2) is 0 Å². The van der Waals surface area contributed by atoms with E-state index in [-0.39, 0.29) is 17.2 Å². The molecule has 1 amide bonds. The van der Waals surface area contributed by atoms with Gasteiger partial charge in [0.2, 0.25) is 0 Å². The van der Waals surface area contributed by atoms with Crippen LogP contribution in [0.2, 0.25) is 0 Å². The van der Waals surface area contributed by atoms with Gasteiger partial charge in [0, 0.05) is 29.4 Å². The standard InChI is InChI=1S/C12H17NO4S/c1-17-9-4-5-11(14)10(8-9)12(15)13-6-3-7-18(2)16/h4-5,8,14H,3,6-7H2,1-2H3,(H,13,15). The van der Waals surface area contributed by atoms with Gasteiger partial charge in [-0.2, -0.15) is 0 Å². The number of carbonyl (C=O) groups is 1. The number of amides is 1. The largest absolute Gasteiger partial charge is 0.507 e. The molecule has 1 rings (SSSR count). The second kappa shape index (κ2) is 7.00. The van der Waals surface area contributed by atoms with E-state index in [1.807, 2.05) is 0 Å². The average Bonchev–Trinajstić information content (AvgIpc) is 2.34. The van der Waals surface area contributed by atoms with Gasteiger partial charge in [-0.3, -0.25) is 9.00 Å². The zero-order valence-electron chi connectivity index (χ0n) is 10.4. The molecule has 0 aliphatic rings. The van der Waals surface area contributed by atoms with Crippen LogP contribution in [-0.4, -0.2) is 40.9 Å². The summed E-state index contributed by atoms with van der Waals surface area (Å²) in [5.74, 6) is 0.595. The van der Waals surface area contributed by atoms with Crippen molar-refractivity contribution in [3.05, 3.63) is 23.8 Å². The molecule has 5 nitrogen and oxygen atoms in total. The van der Waals surface area contributed by atoms with Gasteiger partial charge in [-0.05, 0) is 24.6 Å². The van der Waals surface area contributed by atoms with Crippen LogP contribution >= 0.6 is 0 Å². The highest BCUT2D eigenvalue weighted by molar-refractivity contribution is 7.84. The molecule has 1 unspecified atom stereocenters. The Kier molecular flexibility index (Phi) is 5.64. The molecule has 2 N–H and O–H groups in total. The van der Waals surface area contributed by atoms with E-state index in [0.717, 1.165) is 0 Å². The van der Waals surface area contributed by atoms with Crippen molar-refractivity contribution in [3.63, 3.8) is 0 Å². The number of ether oxygens (including phenoxy) is 1. The number of hydrogen-bond donors (Lipinski definition) is 2. The van der Waals surface area contributed by atoms with Crippen molar-refractivity contribution in [2.75, 3.05) is 25.7 Å². The molecule has 100 valence electrons. The van der Waals surface area contributed by atoms with Crippen molar-refractivity contribution in [3.8, 4) is 11.5 Å². The molecule has 6 heteroatoms. The summed E-state index contributed by atoms with van der Waals surface area (Å²) in [6.07, 6.45) is 2.26. The number of phenols is 1. The predicted molar refractivity (Wildman–Crippen MR) is 70.5 cm³/mol. The van der Waals surface area contributed by atoms with Gasteiger partial charge in [-0.1, -0.05) is 0 Å². The normalized spacial score (nSPS) is 11.9. The Hall–Kier alpha value is -1.56. The predicted octanol–water partition coefficient (Wildman–Crippen LogP) is 0.899. The summed E-state index contributed by atoms with van der Waals surface area (Å²) < 4.78 is 15.8. The first kappa shape index (κ1) is 14.5. The third kappa shape index (κ3) is 4.37. The third-order valence-electron chi connectivity index (χ3n) is 2.34. The second-order valence-electron chi connectivity index (χ2n) is 3.77. The maximum Gasteiger partial charge on any atom is 0.255 e. The highest BCUT2D eigenvalue weighted by Gasteiger charge is 2.11. The number of aromatic hydroxyl groups is 1. The molecule has 0 bridgehead atoms. The molecule has 0 aromatic heterocycles. The van der Waals surface area contributed by atoms with E-state index < -0.39 is 10.8 Å². The van der Waals surface area contributed by atoms with Gasteiger partial charge < -0.3 is 15.2 Å². The summed E-state index contributed by atoms with van der Waals surface area (Å²) in [5, 5.41) is 12.2. The summed E-state index contributed by atoms with van der Waals surface area (Å²) in [6, 6.07) is 4.46. The average molecular weight is 271 g/mol. The maximum absolute atomic E-state index is 11.8. The number of carbonyl (C=O) groups excluding carboxylic acids is 1. The van der Waals surface area contributed by atoms with Crippen molar-refractivity contribution in [1.29, 1.82) is 0 Å². The van der Waals surface area contributed by atoms with Crippen LogP contribution in [0, 0.1) is 0 Å². The van der Waals surface area contributed by atoms with E-state index in [0.29, 0.717) is 24.5 Å². The van der Waals surface area contributed by atoms with Crippen molar-refractivity contribution in [1.82, 2.24) is 5.32 Å². The van der Waals surface area contributed by atoms with Gasteiger partial charge in [-0.15, -0.1) is 0 Å². The zero-order valence-corrected chi connectivity index (χ0v) is 11.3. The number of methoxy groups -OCH3 is 1. The van der Waals surface area contributed by atoms with Gasteiger partial charge in [0.05, 0.1) is 12.7 Å². The smallest absolute Gasteiger partial charge is 0.255 e. The molecule has 0 saturated carbocycles. The molecule has 0 aliphatic heterocycles. The van der Waals surface area contributed by atoms with Crippen LogP contribution in [-0.2, 0) is 10.8 Å². The Labute approximate surface area is 109 Å². The molecule has 1 aromatic rings. The lowest BCUT2D eigenvalue weighted by atomic mass is 10.1. The maximum atomic E-state index is 11.8. The zero-order chi connectivity index (χ0) is 13.5. The van der Waals surface area contributed by atoms with Crippen LogP contribution in [0.5, 0.6) is 11.5 Å². The minimum Gasteiger partial charge on any atom is -0.507 e. The number of rotatable bonds is 6. The molecule has 0 aliphatic carbocycles. The molecule has 0 fully saturated rings. The van der Waals surface area contributed by atoms with Gasteiger partial charge in [0.1, 0.15) is 11.5 Å². The first-order valence-electron chi connectivity index (χ1n) is 5.50. The van der Waals surface area contributed by atoms with Crippen LogP contribution in [0.1, 0.15) is 16.8 Å². The first-order valence-corrected chi connectivity index (χ1v) is 7.22. The highest BCUT2D eigenvalue weighted by atomic mass is 32.2. The Morgan fingerprint density at radius 3 is 2.83 bits per heavy atom. The van der Waals surface area contributed by atoms with E-state index in [2.05, 4.69) is 5.32 Å². The van der Waals surface area contributed by atoms with Crippen molar-refractivity contribution in [2.24, 2.45) is 0 Å². The SMILES string of the molecule is COc1ccc(O)c(C(=O)NCCCS(C)=O)c1. The monoisotopic (exact) mass is 271 g/mol. The Bertz CT molecular complexity index is 448. The Morgan fingerprint density at radius 1 is 1.50 bits per heavy atom. The molecule has 18 heavy (non-hydrogen) atoms. The fraction of sp³-hybridized carbons (Fsp3) is 0.417. The number of nitrogens with one attached hydrogen (secondary N) is 1. The minimum atomic E-state index is -0.855. The van der Waals surface area contributed by atoms with Crippen molar-refractivity contribution >= 4 is 16.7 Å². The summed E-state index contributed by atoms with van der Waals surface area (Å²) in [5.41, 5.74) is 0.173. The lowest BCUT2D eigenvalue weighted by Crippen LogP contribution is -2.25. The van der Waals surface area contributed by atoms with Crippen molar-refractivity contribution < 1.29 is 18.8 Å². The molecule has 0 radical (unpaired) electrons. The van der Waals surface area contributed by atoms with Crippen LogP contribution in [0.4, 0.5) is 0 Å². The molecule has 0 spiro atoms.